The summed E-state index contributed by atoms with van der Waals surface area (Å²) in [5.74, 6) is 0.686. The number of aromatic nitrogens is 3. The van der Waals surface area contributed by atoms with Gasteiger partial charge in [-0.15, -0.1) is 0 Å². The van der Waals surface area contributed by atoms with Crippen molar-refractivity contribution < 1.29 is 0 Å². The number of rotatable bonds is 3. The van der Waals surface area contributed by atoms with Crippen LogP contribution in [-0.2, 0) is 0 Å². The van der Waals surface area contributed by atoms with Gasteiger partial charge in [0.15, 0.2) is 5.82 Å². The lowest BCUT2D eigenvalue weighted by Crippen LogP contribution is -1.96. The number of aromatic amines is 1. The minimum Gasteiger partial charge on any atom is -0.250 e. The van der Waals surface area contributed by atoms with E-state index >= 15 is 0 Å². The average Bonchev–Trinajstić information content (AvgIpc) is 3.12. The maximum atomic E-state index is 5.41. The Hall–Kier alpha value is -3.57. The molecule has 134 valence electrons. The minimum absolute atomic E-state index is 0.458. The van der Waals surface area contributed by atoms with Crippen LogP contribution in [0.5, 0.6) is 0 Å². The highest BCUT2D eigenvalue weighted by atomic mass is 32.1. The Morgan fingerprint density at radius 1 is 0.821 bits per heavy atom. The fourth-order valence-corrected chi connectivity index (χ4v) is 3.66. The SMILES string of the molecule is S=c1[nH]nc(-c2ccccc2)n1/N=C/c1c2ccccc2cc2ccccc12. The quantitative estimate of drug-likeness (QED) is 0.244. The van der Waals surface area contributed by atoms with Crippen LogP contribution in [-0.4, -0.2) is 21.1 Å². The predicted octanol–water partition coefficient (Wildman–Crippen LogP) is 5.80. The molecule has 0 spiro atoms. The summed E-state index contributed by atoms with van der Waals surface area (Å²) in [4.78, 5) is 0. The van der Waals surface area contributed by atoms with E-state index in [9.17, 15) is 0 Å². The highest BCUT2D eigenvalue weighted by Crippen LogP contribution is 2.27. The van der Waals surface area contributed by atoms with Gasteiger partial charge in [0.1, 0.15) is 0 Å². The third-order valence-corrected chi connectivity index (χ3v) is 5.06. The first-order valence-corrected chi connectivity index (χ1v) is 9.40. The van der Waals surface area contributed by atoms with Gasteiger partial charge in [-0.25, -0.2) is 5.10 Å². The first-order valence-electron chi connectivity index (χ1n) is 8.99. The van der Waals surface area contributed by atoms with E-state index in [4.69, 9.17) is 17.3 Å². The molecule has 0 bridgehead atoms. The van der Waals surface area contributed by atoms with E-state index in [2.05, 4.69) is 52.7 Å². The average molecular weight is 380 g/mol. The van der Waals surface area contributed by atoms with Crippen LogP contribution >= 0.6 is 12.2 Å². The molecule has 0 aliphatic heterocycles. The summed E-state index contributed by atoms with van der Waals surface area (Å²) in [6.07, 6.45) is 1.88. The van der Waals surface area contributed by atoms with Crippen LogP contribution in [0.15, 0.2) is 90.0 Å². The Morgan fingerprint density at radius 2 is 1.43 bits per heavy atom. The van der Waals surface area contributed by atoms with E-state index < -0.39 is 0 Å². The van der Waals surface area contributed by atoms with Gasteiger partial charge in [0, 0.05) is 11.1 Å². The van der Waals surface area contributed by atoms with Crippen molar-refractivity contribution in [3.8, 4) is 11.4 Å². The second-order valence-corrected chi connectivity index (χ2v) is 6.89. The molecule has 0 saturated heterocycles. The molecule has 5 aromatic rings. The van der Waals surface area contributed by atoms with Crippen molar-refractivity contribution in [2.45, 2.75) is 0 Å². The van der Waals surface area contributed by atoms with Gasteiger partial charge >= 0.3 is 0 Å². The van der Waals surface area contributed by atoms with Crippen LogP contribution in [0.4, 0.5) is 0 Å². The van der Waals surface area contributed by atoms with Crippen molar-refractivity contribution in [3.63, 3.8) is 0 Å². The zero-order valence-corrected chi connectivity index (χ0v) is 15.7. The van der Waals surface area contributed by atoms with E-state index in [0.29, 0.717) is 10.6 Å². The molecule has 28 heavy (non-hydrogen) atoms. The maximum absolute atomic E-state index is 5.41. The number of nitrogens with zero attached hydrogens (tertiary/aromatic N) is 3. The summed E-state index contributed by atoms with van der Waals surface area (Å²) >= 11 is 5.41. The number of H-pyrrole nitrogens is 1. The summed E-state index contributed by atoms with van der Waals surface area (Å²) < 4.78 is 2.13. The first kappa shape index (κ1) is 16.6. The molecule has 0 fully saturated rings. The second-order valence-electron chi connectivity index (χ2n) is 6.51. The van der Waals surface area contributed by atoms with Crippen molar-refractivity contribution in [2.24, 2.45) is 5.10 Å². The van der Waals surface area contributed by atoms with Crippen molar-refractivity contribution in [2.75, 3.05) is 0 Å². The van der Waals surface area contributed by atoms with Gasteiger partial charge in [-0.1, -0.05) is 78.9 Å². The van der Waals surface area contributed by atoms with E-state index in [1.807, 2.05) is 48.7 Å². The third kappa shape index (κ3) is 2.82. The van der Waals surface area contributed by atoms with Crippen LogP contribution in [0.2, 0.25) is 0 Å². The Bertz CT molecular complexity index is 1330. The van der Waals surface area contributed by atoms with Gasteiger partial charge in [-0.05, 0) is 39.8 Å². The molecule has 1 N–H and O–H groups in total. The van der Waals surface area contributed by atoms with Crippen LogP contribution in [0, 0.1) is 4.77 Å². The normalized spacial score (nSPS) is 11.6. The molecule has 4 aromatic carbocycles. The van der Waals surface area contributed by atoms with Gasteiger partial charge in [0.25, 0.3) is 0 Å². The molecule has 0 unspecified atom stereocenters. The van der Waals surface area contributed by atoms with Crippen molar-refractivity contribution in [3.05, 3.63) is 95.3 Å². The third-order valence-electron chi connectivity index (χ3n) is 4.80. The molecule has 1 aromatic heterocycles. The maximum Gasteiger partial charge on any atom is 0.216 e. The molecule has 0 aliphatic rings. The van der Waals surface area contributed by atoms with Crippen LogP contribution in [0.1, 0.15) is 5.56 Å². The molecule has 1 heterocycles. The van der Waals surface area contributed by atoms with E-state index in [0.717, 1.165) is 21.9 Å². The molecule has 0 amide bonds. The minimum atomic E-state index is 0.458. The number of fused-ring (bicyclic) bond motifs is 2. The predicted molar refractivity (Wildman–Crippen MR) is 117 cm³/mol. The molecular weight excluding hydrogens is 364 g/mol. The van der Waals surface area contributed by atoms with Crippen LogP contribution < -0.4 is 0 Å². The molecule has 4 nitrogen and oxygen atoms in total. The summed E-state index contributed by atoms with van der Waals surface area (Å²) in [6.45, 7) is 0. The highest BCUT2D eigenvalue weighted by Gasteiger charge is 2.09. The van der Waals surface area contributed by atoms with Crippen molar-refractivity contribution in [1.29, 1.82) is 0 Å². The molecule has 0 saturated carbocycles. The number of hydrogen-bond acceptors (Lipinski definition) is 3. The summed E-state index contributed by atoms with van der Waals surface area (Å²) in [5.41, 5.74) is 2.02. The van der Waals surface area contributed by atoms with Gasteiger partial charge < -0.3 is 0 Å². The van der Waals surface area contributed by atoms with Crippen LogP contribution in [0.25, 0.3) is 32.9 Å². The standard InChI is InChI=1S/C23H16N4S/c28-23-26-25-22(16-8-2-1-3-9-16)27(23)24-15-21-19-12-6-4-10-17(19)14-18-11-5-7-13-20(18)21/h1-15H,(H,26,28)/b24-15+. The van der Waals surface area contributed by atoms with Crippen molar-refractivity contribution >= 4 is 40.0 Å². The molecule has 0 radical (unpaired) electrons. The van der Waals surface area contributed by atoms with E-state index in [1.54, 1.807) is 4.68 Å². The fraction of sp³-hybridized carbons (Fsp3) is 0. The lowest BCUT2D eigenvalue weighted by atomic mass is 9.97. The van der Waals surface area contributed by atoms with E-state index in [-0.39, 0.29) is 0 Å². The van der Waals surface area contributed by atoms with Gasteiger partial charge in [-0.3, -0.25) is 0 Å². The first-order chi connectivity index (χ1) is 13.8. The molecule has 0 atom stereocenters. The zero-order chi connectivity index (χ0) is 18.9. The number of hydrogen-bond donors (Lipinski definition) is 1. The van der Waals surface area contributed by atoms with Gasteiger partial charge in [-0.2, -0.15) is 14.9 Å². The van der Waals surface area contributed by atoms with Crippen molar-refractivity contribution in [1.82, 2.24) is 14.9 Å². The Kier molecular flexibility index (Phi) is 4.07. The molecular formula is C23H16N4S. The Morgan fingerprint density at radius 3 is 2.11 bits per heavy atom. The lowest BCUT2D eigenvalue weighted by molar-refractivity contribution is 0.872. The molecule has 0 aliphatic carbocycles. The lowest BCUT2D eigenvalue weighted by Gasteiger charge is -2.08. The largest absolute Gasteiger partial charge is 0.250 e. The van der Waals surface area contributed by atoms with Gasteiger partial charge in [0.2, 0.25) is 4.77 Å². The fourth-order valence-electron chi connectivity index (χ4n) is 3.48. The highest BCUT2D eigenvalue weighted by molar-refractivity contribution is 7.71. The zero-order valence-electron chi connectivity index (χ0n) is 14.9. The summed E-state index contributed by atoms with van der Waals surface area (Å²) in [7, 11) is 0. The smallest absolute Gasteiger partial charge is 0.216 e. The summed E-state index contributed by atoms with van der Waals surface area (Å²) in [5, 5.41) is 16.6. The number of nitrogens with one attached hydrogen (secondary N) is 1. The van der Waals surface area contributed by atoms with Crippen LogP contribution in [0.3, 0.4) is 0 Å². The molecule has 5 heteroatoms. The topological polar surface area (TPSA) is 46.0 Å². The Labute approximate surface area is 166 Å². The van der Waals surface area contributed by atoms with E-state index in [1.165, 1.54) is 10.8 Å². The summed E-state index contributed by atoms with van der Waals surface area (Å²) in [6, 6.07) is 28.8. The second kappa shape index (κ2) is 6.87. The van der Waals surface area contributed by atoms with Gasteiger partial charge in [0.05, 0.1) is 6.21 Å². The monoisotopic (exact) mass is 380 g/mol. The molecule has 5 rings (SSSR count). The number of benzene rings is 4. The Balaban J connectivity index is 1.72.